The third-order valence-corrected chi connectivity index (χ3v) is 6.07. The normalized spacial score (nSPS) is 24.0. The summed E-state index contributed by atoms with van der Waals surface area (Å²) in [5, 5.41) is 0. The maximum atomic E-state index is 14.3. The van der Waals surface area contributed by atoms with Gasteiger partial charge in [-0.3, -0.25) is 9.69 Å². The zero-order chi connectivity index (χ0) is 19.1. The highest BCUT2D eigenvalue weighted by atomic mass is 35.5. The van der Waals surface area contributed by atoms with E-state index in [9.17, 15) is 9.18 Å². The number of fused-ring (bicyclic) bond motifs is 1. The Labute approximate surface area is 171 Å². The fourth-order valence-corrected chi connectivity index (χ4v) is 4.79. The highest BCUT2D eigenvalue weighted by Gasteiger charge is 2.47. The molecule has 3 atom stereocenters. The van der Waals surface area contributed by atoms with Crippen molar-refractivity contribution in [3.63, 3.8) is 0 Å². The predicted octanol–water partition coefficient (Wildman–Crippen LogP) is 3.94. The monoisotopic (exact) mass is 404 g/mol. The Balaban J connectivity index is 0.00000225. The summed E-state index contributed by atoms with van der Waals surface area (Å²) in [7, 11) is 3.80. The Morgan fingerprint density at radius 1 is 1.11 bits per heavy atom. The third kappa shape index (κ3) is 3.49. The highest BCUT2D eigenvalue weighted by Crippen LogP contribution is 2.44. The number of rotatable bonds is 3. The van der Waals surface area contributed by atoms with Crippen LogP contribution in [0, 0.1) is 24.6 Å². The van der Waals surface area contributed by atoms with E-state index < -0.39 is 5.82 Å². The van der Waals surface area contributed by atoms with E-state index in [1.54, 1.807) is 26.2 Å². The van der Waals surface area contributed by atoms with E-state index >= 15 is 0 Å². The van der Waals surface area contributed by atoms with Crippen LogP contribution in [-0.2, 0) is 0 Å². The minimum atomic E-state index is -0.430. The molecular weight excluding hydrogens is 379 g/mol. The number of amides is 1. The molecule has 2 aliphatic heterocycles. The summed E-state index contributed by atoms with van der Waals surface area (Å²) in [5.41, 5.74) is 2.15. The fraction of sp³-hybridized carbons (Fsp3) is 0.409. The van der Waals surface area contributed by atoms with Crippen LogP contribution in [0.15, 0.2) is 42.5 Å². The van der Waals surface area contributed by atoms with E-state index in [-0.39, 0.29) is 29.9 Å². The van der Waals surface area contributed by atoms with Gasteiger partial charge in [0.1, 0.15) is 11.6 Å². The SMILES string of the molecule is COc1ccc([C@@H]2[C@@H]3CN(C(=O)c4c(C)cccc4F)C[C@@H]3CN2C)cc1.Cl. The summed E-state index contributed by atoms with van der Waals surface area (Å²) in [5.74, 6) is 1.00. The lowest BCUT2D eigenvalue weighted by Crippen LogP contribution is -2.34. The van der Waals surface area contributed by atoms with Crippen LogP contribution in [0.2, 0.25) is 0 Å². The first-order valence-corrected chi connectivity index (χ1v) is 9.38. The van der Waals surface area contributed by atoms with Crippen LogP contribution in [0.25, 0.3) is 0 Å². The van der Waals surface area contributed by atoms with Gasteiger partial charge in [-0.15, -0.1) is 12.4 Å². The second-order valence-electron chi connectivity index (χ2n) is 7.72. The molecule has 4 nitrogen and oxygen atoms in total. The number of nitrogens with zero attached hydrogens (tertiary/aromatic N) is 2. The maximum Gasteiger partial charge on any atom is 0.257 e. The molecule has 2 aromatic rings. The van der Waals surface area contributed by atoms with E-state index in [0.29, 0.717) is 30.5 Å². The number of carbonyl (C=O) groups is 1. The smallest absolute Gasteiger partial charge is 0.257 e. The quantitative estimate of drug-likeness (QED) is 0.776. The first-order chi connectivity index (χ1) is 13.0. The molecule has 0 aliphatic carbocycles. The van der Waals surface area contributed by atoms with Crippen molar-refractivity contribution in [1.82, 2.24) is 9.80 Å². The predicted molar refractivity (Wildman–Crippen MR) is 110 cm³/mol. The minimum Gasteiger partial charge on any atom is -0.497 e. The van der Waals surface area contributed by atoms with E-state index in [1.165, 1.54) is 11.6 Å². The molecule has 0 bridgehead atoms. The topological polar surface area (TPSA) is 32.8 Å². The summed E-state index contributed by atoms with van der Waals surface area (Å²) in [4.78, 5) is 17.2. The molecule has 2 fully saturated rings. The van der Waals surface area contributed by atoms with Crippen molar-refractivity contribution in [3.8, 4) is 5.75 Å². The van der Waals surface area contributed by atoms with Crippen LogP contribution in [0.5, 0.6) is 5.75 Å². The lowest BCUT2D eigenvalue weighted by atomic mass is 9.89. The van der Waals surface area contributed by atoms with Gasteiger partial charge in [-0.2, -0.15) is 0 Å². The first-order valence-electron chi connectivity index (χ1n) is 9.38. The van der Waals surface area contributed by atoms with Crippen molar-refractivity contribution < 1.29 is 13.9 Å². The van der Waals surface area contributed by atoms with Crippen molar-refractivity contribution in [2.45, 2.75) is 13.0 Å². The number of halogens is 2. The molecule has 0 N–H and O–H groups in total. The lowest BCUT2D eigenvalue weighted by molar-refractivity contribution is 0.0762. The number of ether oxygens (including phenoxy) is 1. The second-order valence-corrected chi connectivity index (χ2v) is 7.72. The van der Waals surface area contributed by atoms with Crippen LogP contribution < -0.4 is 4.74 Å². The number of likely N-dealkylation sites (tertiary alicyclic amines) is 2. The Hall–Kier alpha value is -2.11. The Kier molecular flexibility index (Phi) is 5.96. The molecule has 0 unspecified atom stereocenters. The van der Waals surface area contributed by atoms with Crippen molar-refractivity contribution in [3.05, 3.63) is 65.0 Å². The van der Waals surface area contributed by atoms with Crippen LogP contribution in [-0.4, -0.2) is 49.5 Å². The summed E-state index contributed by atoms with van der Waals surface area (Å²) in [6.07, 6.45) is 0. The van der Waals surface area contributed by atoms with Crippen LogP contribution in [0.1, 0.15) is 27.5 Å². The zero-order valence-electron chi connectivity index (χ0n) is 16.4. The van der Waals surface area contributed by atoms with Gasteiger partial charge in [-0.1, -0.05) is 24.3 Å². The summed E-state index contributed by atoms with van der Waals surface area (Å²) in [6, 6.07) is 13.2. The van der Waals surface area contributed by atoms with Crippen molar-refractivity contribution in [1.29, 1.82) is 0 Å². The second kappa shape index (κ2) is 8.10. The van der Waals surface area contributed by atoms with Gasteiger partial charge in [0.15, 0.2) is 0 Å². The van der Waals surface area contributed by atoms with Crippen LogP contribution in [0.3, 0.4) is 0 Å². The first kappa shape index (κ1) is 20.6. The molecule has 4 rings (SSSR count). The lowest BCUT2D eigenvalue weighted by Gasteiger charge is -2.27. The zero-order valence-corrected chi connectivity index (χ0v) is 17.2. The highest BCUT2D eigenvalue weighted by molar-refractivity contribution is 5.96. The molecule has 0 aromatic heterocycles. The molecule has 2 aliphatic rings. The molecular formula is C22H26ClFN2O2. The van der Waals surface area contributed by atoms with E-state index in [0.717, 1.165) is 12.3 Å². The molecule has 2 aromatic carbocycles. The molecule has 0 radical (unpaired) electrons. The minimum absolute atomic E-state index is 0. The van der Waals surface area contributed by atoms with E-state index in [1.807, 2.05) is 17.0 Å². The van der Waals surface area contributed by atoms with Gasteiger partial charge in [0.25, 0.3) is 5.91 Å². The Bertz CT molecular complexity index is 838. The molecule has 0 spiro atoms. The van der Waals surface area contributed by atoms with Gasteiger partial charge in [0.05, 0.1) is 12.7 Å². The molecule has 150 valence electrons. The van der Waals surface area contributed by atoms with Crippen molar-refractivity contribution in [2.24, 2.45) is 11.8 Å². The molecule has 0 saturated carbocycles. The number of hydrogen-bond acceptors (Lipinski definition) is 3. The van der Waals surface area contributed by atoms with Gasteiger partial charge in [-0.25, -0.2) is 4.39 Å². The van der Waals surface area contributed by atoms with Crippen LogP contribution in [0.4, 0.5) is 4.39 Å². The number of methoxy groups -OCH3 is 1. The van der Waals surface area contributed by atoms with Crippen molar-refractivity contribution in [2.75, 3.05) is 33.8 Å². The number of hydrogen-bond donors (Lipinski definition) is 0. The number of benzene rings is 2. The van der Waals surface area contributed by atoms with Crippen molar-refractivity contribution >= 4 is 18.3 Å². The molecule has 2 saturated heterocycles. The molecule has 1 amide bonds. The van der Waals surface area contributed by atoms with Gasteiger partial charge >= 0.3 is 0 Å². The summed E-state index contributed by atoms with van der Waals surface area (Å²) >= 11 is 0. The van der Waals surface area contributed by atoms with E-state index in [4.69, 9.17) is 4.74 Å². The Morgan fingerprint density at radius 3 is 2.46 bits per heavy atom. The molecule has 2 heterocycles. The summed E-state index contributed by atoms with van der Waals surface area (Å²) in [6.45, 7) is 4.09. The third-order valence-electron chi connectivity index (χ3n) is 6.07. The Morgan fingerprint density at radius 2 is 1.82 bits per heavy atom. The van der Waals surface area contributed by atoms with Gasteiger partial charge in [0, 0.05) is 31.6 Å². The van der Waals surface area contributed by atoms with Crippen LogP contribution >= 0.6 is 12.4 Å². The largest absolute Gasteiger partial charge is 0.497 e. The molecule has 28 heavy (non-hydrogen) atoms. The van der Waals surface area contributed by atoms with Gasteiger partial charge in [0.2, 0.25) is 0 Å². The molecule has 6 heteroatoms. The van der Waals surface area contributed by atoms with Gasteiger partial charge < -0.3 is 9.64 Å². The van der Waals surface area contributed by atoms with E-state index in [2.05, 4.69) is 24.1 Å². The number of aryl methyl sites for hydroxylation is 1. The number of carbonyl (C=O) groups excluding carboxylic acids is 1. The maximum absolute atomic E-state index is 14.3. The standard InChI is InChI=1S/C22H25FN2O2.ClH/c1-14-5-4-6-19(23)20(14)22(26)25-12-16-11-24(2)21(18(16)13-25)15-7-9-17(27-3)10-8-15;/h4-10,16,18,21H,11-13H2,1-3H3;1H/t16-,18+,21+;/m0./s1. The summed E-state index contributed by atoms with van der Waals surface area (Å²) < 4.78 is 19.5. The van der Waals surface area contributed by atoms with Gasteiger partial charge in [-0.05, 0) is 49.2 Å². The average Bonchev–Trinajstić information content (AvgIpc) is 3.18. The fourth-order valence-electron chi connectivity index (χ4n) is 4.79. The average molecular weight is 405 g/mol.